The molecule has 0 radical (unpaired) electrons. The molecule has 2 N–H and O–H groups in total. The number of carbonyl (C=O) groups is 1. The van der Waals surface area contributed by atoms with Crippen molar-refractivity contribution in [3.63, 3.8) is 0 Å². The zero-order chi connectivity index (χ0) is 10.7. The van der Waals surface area contributed by atoms with Gasteiger partial charge in [0.15, 0.2) is 5.78 Å². The first-order chi connectivity index (χ1) is 7.21. The topological polar surface area (TPSA) is 61.6 Å². The Balaban J connectivity index is 1.76. The molecule has 0 spiro atoms. The predicted octanol–water partition coefficient (Wildman–Crippen LogP) is 0.632. The van der Waals surface area contributed by atoms with Crippen LogP contribution in [0, 0.1) is 0 Å². The molecule has 2 aliphatic heterocycles. The lowest BCUT2D eigenvalue weighted by molar-refractivity contribution is -0.124. The average molecular weight is 213 g/mol. The van der Waals surface area contributed by atoms with Crippen molar-refractivity contribution in [2.24, 2.45) is 5.73 Å². The van der Waals surface area contributed by atoms with Gasteiger partial charge in [-0.05, 0) is 25.7 Å². The quantitative estimate of drug-likeness (QED) is 0.744. The lowest BCUT2D eigenvalue weighted by Crippen LogP contribution is -2.48. The molecule has 15 heavy (non-hydrogen) atoms. The summed E-state index contributed by atoms with van der Waals surface area (Å²) in [4.78, 5) is 11.9. The SMILES string of the molecule is NC1(C(=O)CCC2CCCO2)CCOC1. The van der Waals surface area contributed by atoms with Gasteiger partial charge in [-0.15, -0.1) is 0 Å². The van der Waals surface area contributed by atoms with Crippen LogP contribution in [0.5, 0.6) is 0 Å². The third kappa shape index (κ3) is 2.56. The standard InChI is InChI=1S/C11H19NO3/c12-11(5-7-14-8-11)10(13)4-3-9-2-1-6-15-9/h9H,1-8,12H2. The molecule has 4 heteroatoms. The Kier molecular flexibility index (Phi) is 3.38. The molecule has 2 heterocycles. The molecule has 2 saturated heterocycles. The molecular formula is C11H19NO3. The molecular weight excluding hydrogens is 194 g/mol. The van der Waals surface area contributed by atoms with Gasteiger partial charge >= 0.3 is 0 Å². The zero-order valence-corrected chi connectivity index (χ0v) is 9.04. The molecule has 0 aliphatic carbocycles. The molecule has 2 unspecified atom stereocenters. The van der Waals surface area contributed by atoms with Crippen LogP contribution in [0.25, 0.3) is 0 Å². The van der Waals surface area contributed by atoms with E-state index in [4.69, 9.17) is 15.2 Å². The molecule has 0 bridgehead atoms. The molecule has 0 saturated carbocycles. The van der Waals surface area contributed by atoms with Crippen molar-refractivity contribution in [3.05, 3.63) is 0 Å². The molecule has 4 nitrogen and oxygen atoms in total. The molecule has 2 atom stereocenters. The summed E-state index contributed by atoms with van der Waals surface area (Å²) in [6, 6.07) is 0. The maximum atomic E-state index is 11.9. The van der Waals surface area contributed by atoms with E-state index >= 15 is 0 Å². The number of hydrogen-bond donors (Lipinski definition) is 1. The van der Waals surface area contributed by atoms with Gasteiger partial charge in [-0.25, -0.2) is 0 Å². The van der Waals surface area contributed by atoms with Crippen molar-refractivity contribution < 1.29 is 14.3 Å². The highest BCUT2D eigenvalue weighted by Gasteiger charge is 2.37. The lowest BCUT2D eigenvalue weighted by atomic mass is 9.90. The largest absolute Gasteiger partial charge is 0.379 e. The second-order valence-corrected chi connectivity index (χ2v) is 4.56. The molecule has 0 aromatic carbocycles. The number of ketones is 1. The number of nitrogens with two attached hydrogens (primary N) is 1. The second-order valence-electron chi connectivity index (χ2n) is 4.56. The molecule has 0 aromatic rings. The number of Topliss-reactive ketones (excluding diaryl/α,β-unsaturated/α-hetero) is 1. The van der Waals surface area contributed by atoms with Crippen LogP contribution in [-0.2, 0) is 14.3 Å². The fraction of sp³-hybridized carbons (Fsp3) is 0.909. The van der Waals surface area contributed by atoms with Gasteiger partial charge in [-0.2, -0.15) is 0 Å². The molecule has 0 amide bonds. The predicted molar refractivity (Wildman–Crippen MR) is 55.6 cm³/mol. The molecule has 2 aliphatic rings. The minimum atomic E-state index is -0.710. The van der Waals surface area contributed by atoms with Gasteiger partial charge < -0.3 is 15.2 Å². The minimum absolute atomic E-state index is 0.135. The van der Waals surface area contributed by atoms with Crippen LogP contribution < -0.4 is 5.73 Å². The van der Waals surface area contributed by atoms with Crippen molar-refractivity contribution in [2.45, 2.75) is 43.7 Å². The third-order valence-electron chi connectivity index (χ3n) is 3.32. The summed E-state index contributed by atoms with van der Waals surface area (Å²) in [5.74, 6) is 0.135. The van der Waals surface area contributed by atoms with Crippen LogP contribution in [0.3, 0.4) is 0 Å². The van der Waals surface area contributed by atoms with Crippen LogP contribution in [0.4, 0.5) is 0 Å². The number of rotatable bonds is 4. The van der Waals surface area contributed by atoms with E-state index in [1.165, 1.54) is 0 Å². The van der Waals surface area contributed by atoms with Crippen molar-refractivity contribution in [1.82, 2.24) is 0 Å². The van der Waals surface area contributed by atoms with E-state index < -0.39 is 5.54 Å². The van der Waals surface area contributed by atoms with Crippen LogP contribution >= 0.6 is 0 Å². The van der Waals surface area contributed by atoms with Gasteiger partial charge in [0.05, 0.1) is 12.7 Å². The van der Waals surface area contributed by atoms with E-state index in [2.05, 4.69) is 0 Å². The summed E-state index contributed by atoms with van der Waals surface area (Å²) in [5, 5.41) is 0. The number of hydrogen-bond acceptors (Lipinski definition) is 4. The summed E-state index contributed by atoms with van der Waals surface area (Å²) in [7, 11) is 0. The van der Waals surface area contributed by atoms with E-state index in [9.17, 15) is 4.79 Å². The van der Waals surface area contributed by atoms with E-state index in [1.54, 1.807) is 0 Å². The highest BCUT2D eigenvalue weighted by Crippen LogP contribution is 2.22. The van der Waals surface area contributed by atoms with Crippen molar-refractivity contribution in [1.29, 1.82) is 0 Å². The Morgan fingerprint density at radius 2 is 2.33 bits per heavy atom. The highest BCUT2D eigenvalue weighted by atomic mass is 16.5. The summed E-state index contributed by atoms with van der Waals surface area (Å²) in [6.07, 6.45) is 4.50. The number of ether oxygens (including phenoxy) is 2. The van der Waals surface area contributed by atoms with Crippen LogP contribution in [0.15, 0.2) is 0 Å². The van der Waals surface area contributed by atoms with Crippen LogP contribution in [0.2, 0.25) is 0 Å². The average Bonchev–Trinajstić information content (AvgIpc) is 2.85. The fourth-order valence-corrected chi connectivity index (χ4v) is 2.21. The van der Waals surface area contributed by atoms with E-state index in [-0.39, 0.29) is 11.9 Å². The second kappa shape index (κ2) is 4.60. The van der Waals surface area contributed by atoms with Gasteiger partial charge in [0.1, 0.15) is 5.54 Å². The van der Waals surface area contributed by atoms with E-state index in [0.29, 0.717) is 26.1 Å². The molecule has 0 aromatic heterocycles. The van der Waals surface area contributed by atoms with Crippen molar-refractivity contribution in [3.8, 4) is 0 Å². The number of carbonyl (C=O) groups excluding carboxylic acids is 1. The lowest BCUT2D eigenvalue weighted by Gasteiger charge is -2.20. The minimum Gasteiger partial charge on any atom is -0.379 e. The van der Waals surface area contributed by atoms with Crippen molar-refractivity contribution >= 4 is 5.78 Å². The van der Waals surface area contributed by atoms with Crippen molar-refractivity contribution in [2.75, 3.05) is 19.8 Å². The maximum Gasteiger partial charge on any atom is 0.155 e. The summed E-state index contributed by atoms with van der Waals surface area (Å²) >= 11 is 0. The van der Waals surface area contributed by atoms with Crippen LogP contribution in [0.1, 0.15) is 32.1 Å². The zero-order valence-electron chi connectivity index (χ0n) is 9.04. The summed E-state index contributed by atoms with van der Waals surface area (Å²) in [5.41, 5.74) is 5.26. The smallest absolute Gasteiger partial charge is 0.155 e. The third-order valence-corrected chi connectivity index (χ3v) is 3.32. The van der Waals surface area contributed by atoms with Gasteiger partial charge in [-0.1, -0.05) is 0 Å². The Morgan fingerprint density at radius 3 is 2.93 bits per heavy atom. The molecule has 2 rings (SSSR count). The fourth-order valence-electron chi connectivity index (χ4n) is 2.21. The summed E-state index contributed by atoms with van der Waals surface area (Å²) in [6.45, 7) is 1.84. The Morgan fingerprint density at radius 1 is 1.47 bits per heavy atom. The Bertz CT molecular complexity index is 230. The molecule has 2 fully saturated rings. The van der Waals surface area contributed by atoms with E-state index in [0.717, 1.165) is 25.9 Å². The first-order valence-electron chi connectivity index (χ1n) is 5.72. The maximum absolute atomic E-state index is 11.9. The van der Waals surface area contributed by atoms with Gasteiger partial charge in [0.2, 0.25) is 0 Å². The monoisotopic (exact) mass is 213 g/mol. The van der Waals surface area contributed by atoms with Gasteiger partial charge in [0, 0.05) is 19.6 Å². The normalized spacial score (nSPS) is 35.9. The molecule has 86 valence electrons. The summed E-state index contributed by atoms with van der Waals surface area (Å²) < 4.78 is 10.7. The highest BCUT2D eigenvalue weighted by molar-refractivity contribution is 5.88. The van der Waals surface area contributed by atoms with Gasteiger partial charge in [-0.3, -0.25) is 4.79 Å². The first-order valence-corrected chi connectivity index (χ1v) is 5.72. The Labute approximate surface area is 90.1 Å². The van der Waals surface area contributed by atoms with E-state index in [1.807, 2.05) is 0 Å². The Hall–Kier alpha value is -0.450. The van der Waals surface area contributed by atoms with Crippen LogP contribution in [-0.4, -0.2) is 37.2 Å². The van der Waals surface area contributed by atoms with Gasteiger partial charge in [0.25, 0.3) is 0 Å². The first kappa shape index (κ1) is 11.0.